The van der Waals surface area contributed by atoms with Crippen LogP contribution in [0.3, 0.4) is 0 Å². The van der Waals surface area contributed by atoms with Crippen LogP contribution in [0.4, 0.5) is 0 Å². The van der Waals surface area contributed by atoms with E-state index in [9.17, 15) is 9.59 Å². The van der Waals surface area contributed by atoms with Gasteiger partial charge in [-0.3, -0.25) is 9.57 Å². The lowest BCUT2D eigenvalue weighted by Crippen LogP contribution is -2.11. The molecule has 0 aliphatic carbocycles. The van der Waals surface area contributed by atoms with E-state index in [-0.39, 0.29) is 12.2 Å². The van der Waals surface area contributed by atoms with Crippen molar-refractivity contribution in [3.05, 3.63) is 47.7 Å². The first-order valence-electron chi connectivity index (χ1n) is 6.04. The Morgan fingerprint density at radius 3 is 2.57 bits per heavy atom. The molecule has 0 heterocycles. The van der Waals surface area contributed by atoms with Gasteiger partial charge in [-0.05, 0) is 6.92 Å². The van der Waals surface area contributed by atoms with E-state index in [0.29, 0.717) is 5.56 Å². The van der Waals surface area contributed by atoms with Crippen LogP contribution in [0.15, 0.2) is 46.5 Å². The highest BCUT2D eigenvalue weighted by molar-refractivity contribution is 8.08. The summed E-state index contributed by atoms with van der Waals surface area (Å²) in [5, 5.41) is 8.42. The maximum absolute atomic E-state index is 12.2. The maximum atomic E-state index is 12.2. The molecule has 0 saturated carbocycles. The topological polar surface area (TPSA) is 103 Å². The van der Waals surface area contributed by atoms with Crippen molar-refractivity contribution in [2.75, 3.05) is 12.9 Å². The number of hydrogen-bond acceptors (Lipinski definition) is 6. The van der Waals surface area contributed by atoms with E-state index in [2.05, 4.69) is 9.10 Å². The number of benzene rings is 1. The maximum Gasteiger partial charge on any atom is 0.350 e. The summed E-state index contributed by atoms with van der Waals surface area (Å²) in [4.78, 5) is 23.6. The van der Waals surface area contributed by atoms with Crippen LogP contribution in [0, 0.1) is 16.1 Å². The van der Waals surface area contributed by atoms with Crippen molar-refractivity contribution < 1.29 is 14.3 Å². The normalized spacial score (nSPS) is 13.7. The van der Waals surface area contributed by atoms with E-state index in [1.54, 1.807) is 43.3 Å². The zero-order valence-corrected chi connectivity index (χ0v) is 12.5. The zero-order chi connectivity index (χ0) is 15.9. The molecule has 0 spiro atoms. The van der Waals surface area contributed by atoms with Crippen molar-refractivity contribution in [3.63, 3.8) is 0 Å². The second-order valence-corrected chi connectivity index (χ2v) is 6.34. The lowest BCUT2D eigenvalue weighted by atomic mass is 10.2. The van der Waals surface area contributed by atoms with E-state index in [4.69, 9.17) is 10.0 Å². The highest BCUT2D eigenvalue weighted by Crippen LogP contribution is 2.09. The first kappa shape index (κ1) is 16.6. The molecule has 1 aromatic rings. The third-order valence-corrected chi connectivity index (χ3v) is 3.86. The summed E-state index contributed by atoms with van der Waals surface area (Å²) in [6, 6.07) is 9.99. The van der Waals surface area contributed by atoms with Gasteiger partial charge in [0.15, 0.2) is 5.57 Å². The molecular weight excluding hydrogens is 290 g/mol. The average molecular weight is 305 g/mol. The number of nitriles is 1. The predicted molar refractivity (Wildman–Crippen MR) is 79.5 cm³/mol. The monoisotopic (exact) mass is 305 g/mol. The predicted octanol–water partition coefficient (Wildman–Crippen LogP) is 2.53. The summed E-state index contributed by atoms with van der Waals surface area (Å²) in [7, 11) is -2.77. The number of nitrogens with zero attached hydrogens (tertiary/aromatic N) is 2. The molecular formula is C14H15N3O3S. The summed E-state index contributed by atoms with van der Waals surface area (Å²) in [5.74, 6) is -0.814. The molecule has 21 heavy (non-hydrogen) atoms. The molecule has 1 atom stereocenters. The molecule has 0 saturated heterocycles. The van der Waals surface area contributed by atoms with Crippen LogP contribution in [-0.2, 0) is 19.2 Å². The first-order valence-corrected chi connectivity index (χ1v) is 8.04. The van der Waals surface area contributed by atoms with Crippen LogP contribution < -0.4 is 0 Å². The molecule has 0 fully saturated rings. The Hall–Kier alpha value is -2.46. The minimum atomic E-state index is -2.77. The lowest BCUT2D eigenvalue weighted by molar-refractivity contribution is -0.138. The lowest BCUT2D eigenvalue weighted by Gasteiger charge is -2.05. The quantitative estimate of drug-likeness (QED) is 0.524. The first-order chi connectivity index (χ1) is 9.92. The molecule has 0 aliphatic heterocycles. The molecule has 1 N–H and O–H groups in total. The van der Waals surface area contributed by atoms with Crippen LogP contribution in [0.1, 0.15) is 17.3 Å². The van der Waals surface area contributed by atoms with Crippen molar-refractivity contribution in [3.8, 4) is 6.07 Å². The SMILES string of the molecule is CCOC(=O)/C(C#N)=C\N=S(C)(=N)C(=O)c1ccccc1. The van der Waals surface area contributed by atoms with Crippen LogP contribution in [0.5, 0.6) is 0 Å². The Morgan fingerprint density at radius 2 is 2.05 bits per heavy atom. The molecule has 1 rings (SSSR count). The van der Waals surface area contributed by atoms with Crippen molar-refractivity contribution in [2.24, 2.45) is 4.36 Å². The van der Waals surface area contributed by atoms with Gasteiger partial charge in [-0.25, -0.2) is 9.16 Å². The number of rotatable bonds is 4. The van der Waals surface area contributed by atoms with Gasteiger partial charge >= 0.3 is 5.97 Å². The summed E-state index contributed by atoms with van der Waals surface area (Å²) in [5.41, 5.74) is 0.0421. The summed E-state index contributed by atoms with van der Waals surface area (Å²) < 4.78 is 16.5. The minimum Gasteiger partial charge on any atom is -0.462 e. The Labute approximate surface area is 123 Å². The fraction of sp³-hybridized carbons (Fsp3) is 0.214. The van der Waals surface area contributed by atoms with E-state index in [1.807, 2.05) is 0 Å². The fourth-order valence-electron chi connectivity index (χ4n) is 1.35. The third kappa shape index (κ3) is 4.54. The molecule has 0 aliphatic rings. The van der Waals surface area contributed by atoms with Gasteiger partial charge in [-0.1, -0.05) is 30.3 Å². The van der Waals surface area contributed by atoms with Gasteiger partial charge in [0.25, 0.3) is 0 Å². The number of nitrogens with one attached hydrogen (secondary N) is 1. The van der Waals surface area contributed by atoms with Crippen LogP contribution in [-0.4, -0.2) is 23.9 Å². The Morgan fingerprint density at radius 1 is 1.43 bits per heavy atom. The van der Waals surface area contributed by atoms with Gasteiger partial charge in [0.1, 0.15) is 6.07 Å². The molecule has 0 amide bonds. The van der Waals surface area contributed by atoms with Gasteiger partial charge in [-0.15, -0.1) is 0 Å². The summed E-state index contributed by atoms with van der Waals surface area (Å²) in [6.07, 6.45) is 2.32. The van der Waals surface area contributed by atoms with E-state index in [0.717, 1.165) is 6.20 Å². The average Bonchev–Trinajstić information content (AvgIpc) is 2.48. The van der Waals surface area contributed by atoms with E-state index < -0.39 is 20.7 Å². The van der Waals surface area contributed by atoms with E-state index in [1.165, 1.54) is 6.26 Å². The van der Waals surface area contributed by atoms with Gasteiger partial charge in [0, 0.05) is 21.4 Å². The number of ether oxygens (including phenoxy) is 1. The molecule has 7 heteroatoms. The van der Waals surface area contributed by atoms with Crippen molar-refractivity contribution >= 4 is 20.7 Å². The smallest absolute Gasteiger partial charge is 0.350 e. The molecule has 1 unspecified atom stereocenters. The van der Waals surface area contributed by atoms with E-state index >= 15 is 0 Å². The highest BCUT2D eigenvalue weighted by atomic mass is 32.2. The molecule has 1 aromatic carbocycles. The molecule has 110 valence electrons. The minimum absolute atomic E-state index is 0.131. The standard InChI is InChI=1S/C14H15N3O3S/c1-3-20-13(18)12(9-15)10-17-21(2,16)14(19)11-7-5-4-6-8-11/h4-8,10,16H,3H2,1-2H3/b12-10-. The fourth-order valence-corrected chi connectivity index (χ4v) is 2.35. The van der Waals surface area contributed by atoms with Crippen molar-refractivity contribution in [1.29, 1.82) is 10.0 Å². The highest BCUT2D eigenvalue weighted by Gasteiger charge is 2.14. The van der Waals surface area contributed by atoms with Gasteiger partial charge in [-0.2, -0.15) is 5.26 Å². The van der Waals surface area contributed by atoms with Gasteiger partial charge in [0.05, 0.1) is 12.8 Å². The molecule has 6 nitrogen and oxygen atoms in total. The summed E-state index contributed by atoms with van der Waals surface area (Å²) >= 11 is 0. The van der Waals surface area contributed by atoms with Crippen LogP contribution in [0.25, 0.3) is 0 Å². The van der Waals surface area contributed by atoms with Gasteiger partial charge in [0.2, 0.25) is 5.12 Å². The van der Waals surface area contributed by atoms with Crippen molar-refractivity contribution in [1.82, 2.24) is 0 Å². The van der Waals surface area contributed by atoms with Gasteiger partial charge < -0.3 is 4.74 Å². The number of esters is 1. The Kier molecular flexibility index (Phi) is 5.81. The number of carbonyl (C=O) groups excluding carboxylic acids is 2. The zero-order valence-electron chi connectivity index (χ0n) is 11.7. The second kappa shape index (κ2) is 7.36. The third-order valence-electron chi connectivity index (χ3n) is 2.38. The summed E-state index contributed by atoms with van der Waals surface area (Å²) in [6.45, 7) is 1.74. The largest absolute Gasteiger partial charge is 0.462 e. The molecule has 0 aromatic heterocycles. The Bertz CT molecular complexity index is 724. The number of carbonyl (C=O) groups is 2. The Balaban J connectivity index is 3.12. The van der Waals surface area contributed by atoms with Crippen molar-refractivity contribution in [2.45, 2.75) is 6.92 Å². The molecule has 0 radical (unpaired) electrons. The number of hydrogen-bond donors (Lipinski definition) is 1. The van der Waals surface area contributed by atoms with Crippen LogP contribution >= 0.6 is 0 Å². The van der Waals surface area contributed by atoms with Crippen LogP contribution in [0.2, 0.25) is 0 Å². The molecule has 0 bridgehead atoms. The second-order valence-electron chi connectivity index (χ2n) is 4.01.